The average Bonchev–Trinajstić information content (AvgIpc) is 3.11. The van der Waals surface area contributed by atoms with Gasteiger partial charge in [0, 0.05) is 29.5 Å². The van der Waals surface area contributed by atoms with Gasteiger partial charge in [0.25, 0.3) is 0 Å². The van der Waals surface area contributed by atoms with Gasteiger partial charge in [0.15, 0.2) is 5.65 Å². The van der Waals surface area contributed by atoms with Crippen molar-refractivity contribution in [3.63, 3.8) is 0 Å². The van der Waals surface area contributed by atoms with Crippen molar-refractivity contribution < 1.29 is 14.2 Å². The minimum absolute atomic E-state index is 0.257. The number of hydrogen-bond donors (Lipinski definition) is 1. The first kappa shape index (κ1) is 16.0. The van der Waals surface area contributed by atoms with Gasteiger partial charge in [-0.15, -0.1) is 0 Å². The molecule has 0 aliphatic carbocycles. The standard InChI is InChI=1S/C20H15FN4O2/c21-13-1-3-14(4-2-13)25-19-17(10-24-25)15(5-8-23-19)16-9-22-7-6-18(16)20(26)11-27-12-20/h1-10,26H,11-12H2. The van der Waals surface area contributed by atoms with Crippen LogP contribution in [0.3, 0.4) is 0 Å². The van der Waals surface area contributed by atoms with Crippen molar-refractivity contribution in [2.24, 2.45) is 0 Å². The lowest BCUT2D eigenvalue weighted by Gasteiger charge is -2.37. The molecule has 5 rings (SSSR count). The molecule has 0 spiro atoms. The van der Waals surface area contributed by atoms with Crippen LogP contribution in [0.2, 0.25) is 0 Å². The van der Waals surface area contributed by atoms with Crippen LogP contribution in [0.25, 0.3) is 27.8 Å². The van der Waals surface area contributed by atoms with Crippen molar-refractivity contribution in [3.05, 3.63) is 72.6 Å². The van der Waals surface area contributed by atoms with Crippen LogP contribution < -0.4 is 0 Å². The van der Waals surface area contributed by atoms with Gasteiger partial charge in [0.2, 0.25) is 0 Å². The summed E-state index contributed by atoms with van der Waals surface area (Å²) in [4.78, 5) is 8.69. The highest BCUT2D eigenvalue weighted by molar-refractivity contribution is 5.94. The van der Waals surface area contributed by atoms with Gasteiger partial charge >= 0.3 is 0 Å². The molecule has 0 saturated carbocycles. The highest BCUT2D eigenvalue weighted by atomic mass is 19.1. The summed E-state index contributed by atoms with van der Waals surface area (Å²) in [6.45, 7) is 0.514. The largest absolute Gasteiger partial charge is 0.380 e. The van der Waals surface area contributed by atoms with E-state index < -0.39 is 5.60 Å². The molecule has 6 nitrogen and oxygen atoms in total. The Hall–Kier alpha value is -3.16. The second-order valence-electron chi connectivity index (χ2n) is 6.57. The molecule has 4 heterocycles. The maximum absolute atomic E-state index is 13.2. The molecule has 1 saturated heterocycles. The van der Waals surface area contributed by atoms with Gasteiger partial charge in [-0.25, -0.2) is 14.1 Å². The fourth-order valence-electron chi connectivity index (χ4n) is 3.40. The lowest BCUT2D eigenvalue weighted by Crippen LogP contribution is -2.46. The number of aliphatic hydroxyl groups is 1. The number of rotatable bonds is 3. The number of ether oxygens (including phenoxy) is 1. The number of halogens is 1. The van der Waals surface area contributed by atoms with Crippen molar-refractivity contribution in [2.75, 3.05) is 13.2 Å². The van der Waals surface area contributed by atoms with Crippen molar-refractivity contribution >= 4 is 11.0 Å². The summed E-state index contributed by atoms with van der Waals surface area (Å²) < 4.78 is 20.1. The molecular weight excluding hydrogens is 347 g/mol. The normalized spacial score (nSPS) is 15.6. The summed E-state index contributed by atoms with van der Waals surface area (Å²) in [6, 6.07) is 9.77. The lowest BCUT2D eigenvalue weighted by atomic mass is 9.86. The molecule has 0 amide bonds. The lowest BCUT2D eigenvalue weighted by molar-refractivity contribution is -0.184. The Labute approximate surface area is 153 Å². The van der Waals surface area contributed by atoms with Crippen LogP contribution in [-0.4, -0.2) is 38.1 Å². The van der Waals surface area contributed by atoms with Crippen LogP contribution in [0.4, 0.5) is 4.39 Å². The highest BCUT2D eigenvalue weighted by Gasteiger charge is 2.40. The van der Waals surface area contributed by atoms with Crippen LogP contribution in [0, 0.1) is 5.82 Å². The molecule has 0 bridgehead atoms. The van der Waals surface area contributed by atoms with Gasteiger partial charge < -0.3 is 9.84 Å². The third-order valence-corrected chi connectivity index (χ3v) is 4.84. The Morgan fingerprint density at radius 2 is 1.81 bits per heavy atom. The van der Waals surface area contributed by atoms with E-state index in [2.05, 4.69) is 15.1 Å². The minimum atomic E-state index is -1.01. The third kappa shape index (κ3) is 2.51. The molecule has 0 radical (unpaired) electrons. The van der Waals surface area contributed by atoms with E-state index in [1.807, 2.05) is 12.1 Å². The van der Waals surface area contributed by atoms with Gasteiger partial charge in [0.05, 0.1) is 25.1 Å². The van der Waals surface area contributed by atoms with E-state index in [9.17, 15) is 9.50 Å². The molecule has 3 aromatic heterocycles. The zero-order chi connectivity index (χ0) is 18.4. The summed E-state index contributed by atoms with van der Waals surface area (Å²) in [5.74, 6) is -0.306. The second kappa shape index (κ2) is 5.94. The minimum Gasteiger partial charge on any atom is -0.380 e. The van der Waals surface area contributed by atoms with Crippen LogP contribution in [0.1, 0.15) is 5.56 Å². The zero-order valence-corrected chi connectivity index (χ0v) is 14.2. The quantitative estimate of drug-likeness (QED) is 0.607. The van der Waals surface area contributed by atoms with Crippen LogP contribution in [0.5, 0.6) is 0 Å². The molecule has 7 heteroatoms. The maximum atomic E-state index is 13.2. The molecule has 1 fully saturated rings. The molecular formula is C20H15FN4O2. The summed E-state index contributed by atoms with van der Waals surface area (Å²) in [5.41, 5.74) is 2.80. The third-order valence-electron chi connectivity index (χ3n) is 4.84. The van der Waals surface area contributed by atoms with Gasteiger partial charge in [-0.2, -0.15) is 5.10 Å². The molecule has 0 unspecified atom stereocenters. The average molecular weight is 362 g/mol. The summed E-state index contributed by atoms with van der Waals surface area (Å²) >= 11 is 0. The molecule has 0 atom stereocenters. The van der Waals surface area contributed by atoms with Crippen molar-refractivity contribution in [2.45, 2.75) is 5.60 Å². The Morgan fingerprint density at radius 3 is 2.56 bits per heavy atom. The number of aromatic nitrogens is 4. The van der Waals surface area contributed by atoms with E-state index in [1.54, 1.807) is 41.6 Å². The Kier molecular flexibility index (Phi) is 3.53. The number of hydrogen-bond acceptors (Lipinski definition) is 5. The van der Waals surface area contributed by atoms with E-state index in [4.69, 9.17) is 4.74 Å². The molecule has 27 heavy (non-hydrogen) atoms. The van der Waals surface area contributed by atoms with E-state index in [0.717, 1.165) is 22.1 Å². The Bertz CT molecular complexity index is 1140. The number of fused-ring (bicyclic) bond motifs is 1. The maximum Gasteiger partial charge on any atom is 0.163 e. The number of benzene rings is 1. The van der Waals surface area contributed by atoms with Crippen LogP contribution in [-0.2, 0) is 10.3 Å². The fraction of sp³-hybridized carbons (Fsp3) is 0.150. The van der Waals surface area contributed by atoms with Gasteiger partial charge in [-0.1, -0.05) is 0 Å². The van der Waals surface area contributed by atoms with Crippen molar-refractivity contribution in [3.8, 4) is 16.8 Å². The highest BCUT2D eigenvalue weighted by Crippen LogP contribution is 2.38. The van der Waals surface area contributed by atoms with Crippen molar-refractivity contribution in [1.29, 1.82) is 0 Å². The number of nitrogens with zero attached hydrogens (tertiary/aromatic N) is 4. The summed E-state index contributed by atoms with van der Waals surface area (Å²) in [6.07, 6.45) is 6.81. The van der Waals surface area contributed by atoms with E-state index in [-0.39, 0.29) is 19.0 Å². The smallest absolute Gasteiger partial charge is 0.163 e. The SMILES string of the molecule is OC1(c2ccncc2-c2ccnc3c2cnn3-c2ccc(F)cc2)COC1. The number of pyridine rings is 2. The Morgan fingerprint density at radius 1 is 1.00 bits per heavy atom. The molecule has 1 aromatic carbocycles. The van der Waals surface area contributed by atoms with Crippen molar-refractivity contribution in [1.82, 2.24) is 19.7 Å². The first-order chi connectivity index (χ1) is 13.2. The first-order valence-corrected chi connectivity index (χ1v) is 8.49. The van der Waals surface area contributed by atoms with Gasteiger partial charge in [-0.05, 0) is 47.5 Å². The van der Waals surface area contributed by atoms with Gasteiger partial charge in [0.1, 0.15) is 11.4 Å². The second-order valence-corrected chi connectivity index (χ2v) is 6.57. The summed E-state index contributed by atoms with van der Waals surface area (Å²) in [7, 11) is 0. The molecule has 134 valence electrons. The molecule has 1 aliphatic heterocycles. The predicted octanol–water partition coefficient (Wildman–Crippen LogP) is 2.84. The fourth-order valence-corrected chi connectivity index (χ4v) is 3.40. The van der Waals surface area contributed by atoms with E-state index >= 15 is 0 Å². The molecule has 1 N–H and O–H groups in total. The molecule has 4 aromatic rings. The zero-order valence-electron chi connectivity index (χ0n) is 14.2. The molecule has 1 aliphatic rings. The predicted molar refractivity (Wildman–Crippen MR) is 96.8 cm³/mol. The van der Waals surface area contributed by atoms with Gasteiger partial charge in [-0.3, -0.25) is 4.98 Å². The monoisotopic (exact) mass is 362 g/mol. The topological polar surface area (TPSA) is 73.1 Å². The van der Waals surface area contributed by atoms with Crippen LogP contribution >= 0.6 is 0 Å². The van der Waals surface area contributed by atoms with E-state index in [0.29, 0.717) is 11.3 Å². The van der Waals surface area contributed by atoms with Crippen LogP contribution in [0.15, 0.2) is 61.2 Å². The summed E-state index contributed by atoms with van der Waals surface area (Å²) in [5, 5.41) is 16.0. The first-order valence-electron chi connectivity index (χ1n) is 8.49. The Balaban J connectivity index is 1.69. The van der Waals surface area contributed by atoms with E-state index in [1.165, 1.54) is 12.1 Å².